The van der Waals surface area contributed by atoms with E-state index in [4.69, 9.17) is 10.5 Å². The molecule has 1 aromatic heterocycles. The number of hydrogen-bond donors (Lipinski definition) is 2. The number of rotatable bonds is 4. The van der Waals surface area contributed by atoms with E-state index in [-0.39, 0.29) is 5.41 Å². The summed E-state index contributed by atoms with van der Waals surface area (Å²) in [6.07, 6.45) is 3.82. The lowest BCUT2D eigenvalue weighted by Crippen LogP contribution is -2.37. The van der Waals surface area contributed by atoms with Gasteiger partial charge in [-0.25, -0.2) is 0 Å². The van der Waals surface area contributed by atoms with Crippen LogP contribution in [0.5, 0.6) is 0 Å². The summed E-state index contributed by atoms with van der Waals surface area (Å²) in [6.45, 7) is 5.74. The van der Waals surface area contributed by atoms with Crippen LogP contribution in [-0.2, 0) is 4.74 Å². The third kappa shape index (κ3) is 2.22. The highest BCUT2D eigenvalue weighted by Gasteiger charge is 2.41. The van der Waals surface area contributed by atoms with E-state index in [1.54, 1.807) is 6.20 Å². The zero-order valence-corrected chi connectivity index (χ0v) is 10.5. The normalized spacial score (nSPS) is 26.6. The van der Waals surface area contributed by atoms with Crippen molar-refractivity contribution in [3.63, 3.8) is 0 Å². The molecule has 0 amide bonds. The maximum absolute atomic E-state index is 10.5. The molecule has 2 atom stereocenters. The molecular formula is C12H21N3O2. The Labute approximate surface area is 102 Å². The second kappa shape index (κ2) is 4.76. The number of hydrogen-bond acceptors (Lipinski definition) is 4. The number of nitrogens with zero attached hydrogens (tertiary/aromatic N) is 2. The standard InChI is InChI=1S/C12H21N3O2/c1-9(2)15-6-10(5-14-15)11(16)12(7-13)3-4-17-8-12/h5-6,9,11,16H,3-4,7-8,13H2,1-2H3. The molecular weight excluding hydrogens is 218 g/mol. The van der Waals surface area contributed by atoms with Crippen molar-refractivity contribution in [1.29, 1.82) is 0 Å². The van der Waals surface area contributed by atoms with Gasteiger partial charge in [0.05, 0.1) is 18.9 Å². The van der Waals surface area contributed by atoms with Crippen LogP contribution in [0.4, 0.5) is 0 Å². The second-order valence-electron chi connectivity index (χ2n) is 5.12. The third-order valence-electron chi connectivity index (χ3n) is 3.59. The minimum absolute atomic E-state index is 0.296. The van der Waals surface area contributed by atoms with Crippen LogP contribution < -0.4 is 5.73 Å². The maximum Gasteiger partial charge on any atom is 0.0911 e. The Morgan fingerprint density at radius 3 is 2.88 bits per heavy atom. The van der Waals surface area contributed by atoms with Crippen LogP contribution in [0.2, 0.25) is 0 Å². The van der Waals surface area contributed by atoms with E-state index in [9.17, 15) is 5.11 Å². The quantitative estimate of drug-likeness (QED) is 0.817. The monoisotopic (exact) mass is 239 g/mol. The maximum atomic E-state index is 10.5. The second-order valence-corrected chi connectivity index (χ2v) is 5.12. The predicted molar refractivity (Wildman–Crippen MR) is 64.5 cm³/mol. The molecule has 2 unspecified atom stereocenters. The van der Waals surface area contributed by atoms with Crippen LogP contribution in [0.1, 0.15) is 38.0 Å². The summed E-state index contributed by atoms with van der Waals surface area (Å²) >= 11 is 0. The van der Waals surface area contributed by atoms with Crippen LogP contribution in [0.15, 0.2) is 12.4 Å². The van der Waals surface area contributed by atoms with Crippen molar-refractivity contribution < 1.29 is 9.84 Å². The Hall–Kier alpha value is -0.910. The number of nitrogens with two attached hydrogens (primary N) is 1. The van der Waals surface area contributed by atoms with E-state index in [0.29, 0.717) is 25.8 Å². The molecule has 0 bridgehead atoms. The molecule has 0 spiro atoms. The van der Waals surface area contributed by atoms with E-state index in [2.05, 4.69) is 18.9 Å². The van der Waals surface area contributed by atoms with Crippen LogP contribution in [-0.4, -0.2) is 34.6 Å². The van der Waals surface area contributed by atoms with E-state index in [1.807, 2.05) is 10.9 Å². The number of aliphatic hydroxyl groups excluding tert-OH is 1. The first-order valence-electron chi connectivity index (χ1n) is 6.09. The van der Waals surface area contributed by atoms with Crippen molar-refractivity contribution in [2.45, 2.75) is 32.4 Å². The zero-order valence-electron chi connectivity index (χ0n) is 10.5. The first-order chi connectivity index (χ1) is 8.09. The van der Waals surface area contributed by atoms with Crippen LogP contribution in [0.3, 0.4) is 0 Å². The summed E-state index contributed by atoms with van der Waals surface area (Å²) in [5.74, 6) is 0. The van der Waals surface area contributed by atoms with Crippen molar-refractivity contribution in [1.82, 2.24) is 9.78 Å². The molecule has 3 N–H and O–H groups in total. The van der Waals surface area contributed by atoms with Gasteiger partial charge in [-0.2, -0.15) is 5.10 Å². The van der Waals surface area contributed by atoms with Gasteiger partial charge >= 0.3 is 0 Å². The van der Waals surface area contributed by atoms with Gasteiger partial charge in [0.2, 0.25) is 0 Å². The molecule has 0 radical (unpaired) electrons. The van der Waals surface area contributed by atoms with Crippen molar-refractivity contribution >= 4 is 0 Å². The van der Waals surface area contributed by atoms with Gasteiger partial charge < -0.3 is 15.6 Å². The van der Waals surface area contributed by atoms with Crippen molar-refractivity contribution in [3.05, 3.63) is 18.0 Å². The molecule has 0 aromatic carbocycles. The molecule has 2 heterocycles. The molecule has 17 heavy (non-hydrogen) atoms. The first-order valence-corrected chi connectivity index (χ1v) is 6.09. The average Bonchev–Trinajstić information content (AvgIpc) is 2.98. The Kier molecular flexibility index (Phi) is 3.51. The summed E-state index contributed by atoms with van der Waals surface area (Å²) in [5.41, 5.74) is 6.29. The number of aromatic nitrogens is 2. The summed E-state index contributed by atoms with van der Waals surface area (Å²) < 4.78 is 7.23. The predicted octanol–water partition coefficient (Wildman–Crippen LogP) is 0.863. The highest BCUT2D eigenvalue weighted by molar-refractivity contribution is 5.14. The largest absolute Gasteiger partial charge is 0.388 e. The van der Waals surface area contributed by atoms with Crippen LogP contribution in [0, 0.1) is 5.41 Å². The fourth-order valence-corrected chi connectivity index (χ4v) is 2.24. The Morgan fingerprint density at radius 1 is 1.65 bits per heavy atom. The number of aliphatic hydroxyl groups is 1. The molecule has 0 saturated carbocycles. The summed E-state index contributed by atoms with van der Waals surface area (Å²) in [6, 6.07) is 0.296. The molecule has 5 nitrogen and oxygen atoms in total. The van der Waals surface area contributed by atoms with Crippen LogP contribution in [0.25, 0.3) is 0 Å². The minimum atomic E-state index is -0.595. The van der Waals surface area contributed by atoms with Gasteiger partial charge in [0.25, 0.3) is 0 Å². The first kappa shape index (κ1) is 12.5. The molecule has 96 valence electrons. The van der Waals surface area contributed by atoms with Gasteiger partial charge in [-0.3, -0.25) is 4.68 Å². The molecule has 0 aliphatic carbocycles. The lowest BCUT2D eigenvalue weighted by molar-refractivity contribution is 0.0190. The Bertz CT molecular complexity index is 370. The van der Waals surface area contributed by atoms with Gasteiger partial charge in [-0.1, -0.05) is 0 Å². The highest BCUT2D eigenvalue weighted by atomic mass is 16.5. The van der Waals surface area contributed by atoms with Gasteiger partial charge in [0.15, 0.2) is 0 Å². The van der Waals surface area contributed by atoms with E-state index in [1.165, 1.54) is 0 Å². The van der Waals surface area contributed by atoms with Gasteiger partial charge in [-0.15, -0.1) is 0 Å². The molecule has 1 fully saturated rings. The topological polar surface area (TPSA) is 73.3 Å². The molecule has 5 heteroatoms. The van der Waals surface area contributed by atoms with Crippen molar-refractivity contribution in [2.24, 2.45) is 11.1 Å². The van der Waals surface area contributed by atoms with Crippen molar-refractivity contribution in [3.8, 4) is 0 Å². The van der Waals surface area contributed by atoms with E-state index >= 15 is 0 Å². The molecule has 1 saturated heterocycles. The molecule has 1 aromatic rings. The smallest absolute Gasteiger partial charge is 0.0911 e. The summed E-state index contributed by atoms with van der Waals surface area (Å²) in [5, 5.41) is 14.7. The summed E-state index contributed by atoms with van der Waals surface area (Å²) in [7, 11) is 0. The van der Waals surface area contributed by atoms with Crippen LogP contribution >= 0.6 is 0 Å². The lowest BCUT2D eigenvalue weighted by Gasteiger charge is -2.30. The SMILES string of the molecule is CC(C)n1cc(C(O)C2(CN)CCOC2)cn1. The molecule has 1 aliphatic rings. The Balaban J connectivity index is 2.20. The average molecular weight is 239 g/mol. The third-order valence-corrected chi connectivity index (χ3v) is 3.59. The lowest BCUT2D eigenvalue weighted by atomic mass is 9.79. The fraction of sp³-hybridized carbons (Fsp3) is 0.750. The minimum Gasteiger partial charge on any atom is -0.388 e. The molecule has 1 aliphatic heterocycles. The Morgan fingerprint density at radius 2 is 2.41 bits per heavy atom. The van der Waals surface area contributed by atoms with Gasteiger partial charge in [0.1, 0.15) is 0 Å². The fourth-order valence-electron chi connectivity index (χ4n) is 2.24. The van der Waals surface area contributed by atoms with Crippen molar-refractivity contribution in [2.75, 3.05) is 19.8 Å². The van der Waals surface area contributed by atoms with Gasteiger partial charge in [0, 0.05) is 36.4 Å². The highest BCUT2D eigenvalue weighted by Crippen LogP contribution is 2.40. The van der Waals surface area contributed by atoms with E-state index in [0.717, 1.165) is 12.0 Å². The summed E-state index contributed by atoms with van der Waals surface area (Å²) in [4.78, 5) is 0. The van der Waals surface area contributed by atoms with Gasteiger partial charge in [-0.05, 0) is 20.3 Å². The molecule has 2 rings (SSSR count). The zero-order chi connectivity index (χ0) is 12.5. The number of ether oxygens (including phenoxy) is 1. The van der Waals surface area contributed by atoms with E-state index < -0.39 is 6.10 Å².